The molecule has 0 radical (unpaired) electrons. The van der Waals surface area contributed by atoms with Gasteiger partial charge in [0.05, 0.1) is 0 Å². The highest BCUT2D eigenvalue weighted by molar-refractivity contribution is 5.57. The van der Waals surface area contributed by atoms with Crippen molar-refractivity contribution < 1.29 is 4.39 Å². The second-order valence-electron chi connectivity index (χ2n) is 6.02. The molecular formula is C18H23FN4. The minimum Gasteiger partial charge on any atom is -0.366 e. The lowest BCUT2D eigenvalue weighted by Gasteiger charge is -2.24. The molecule has 2 heterocycles. The molecule has 0 saturated carbocycles. The summed E-state index contributed by atoms with van der Waals surface area (Å²) in [6.45, 7) is 4.15. The van der Waals surface area contributed by atoms with E-state index in [2.05, 4.69) is 27.5 Å². The second-order valence-corrected chi connectivity index (χ2v) is 6.02. The molecule has 5 heteroatoms. The van der Waals surface area contributed by atoms with Crippen molar-refractivity contribution >= 4 is 5.82 Å². The van der Waals surface area contributed by atoms with Crippen molar-refractivity contribution in [1.29, 1.82) is 0 Å². The van der Waals surface area contributed by atoms with Gasteiger partial charge in [-0.05, 0) is 37.9 Å². The van der Waals surface area contributed by atoms with Gasteiger partial charge in [0, 0.05) is 29.9 Å². The first kappa shape index (κ1) is 15.9. The van der Waals surface area contributed by atoms with Crippen LogP contribution in [0, 0.1) is 5.82 Å². The molecule has 3 rings (SSSR count). The van der Waals surface area contributed by atoms with Gasteiger partial charge < -0.3 is 10.6 Å². The van der Waals surface area contributed by atoms with Gasteiger partial charge in [-0.3, -0.25) is 0 Å². The first-order valence-electron chi connectivity index (χ1n) is 8.36. The van der Waals surface area contributed by atoms with E-state index in [0.717, 1.165) is 43.9 Å². The quantitative estimate of drug-likeness (QED) is 0.888. The van der Waals surface area contributed by atoms with Crippen LogP contribution < -0.4 is 10.6 Å². The SMILES string of the molecule is CCCc1cc(NC2CCCNC2)nc(-c2cccc(F)c2)n1. The Morgan fingerprint density at radius 2 is 2.22 bits per heavy atom. The third-order valence-electron chi connectivity index (χ3n) is 4.02. The predicted molar refractivity (Wildman–Crippen MR) is 90.9 cm³/mol. The van der Waals surface area contributed by atoms with E-state index in [-0.39, 0.29) is 5.82 Å². The van der Waals surface area contributed by atoms with Gasteiger partial charge >= 0.3 is 0 Å². The summed E-state index contributed by atoms with van der Waals surface area (Å²) in [6, 6.07) is 8.86. The average Bonchev–Trinajstić information content (AvgIpc) is 2.56. The first-order valence-corrected chi connectivity index (χ1v) is 8.36. The standard InChI is InChI=1S/C18H23FN4/c1-2-5-15-11-17(21-16-8-4-9-20-12-16)23-18(22-15)13-6-3-7-14(19)10-13/h3,6-7,10-11,16,20H,2,4-5,8-9,12H2,1H3,(H,21,22,23). The highest BCUT2D eigenvalue weighted by atomic mass is 19.1. The zero-order chi connectivity index (χ0) is 16.1. The maximum Gasteiger partial charge on any atom is 0.161 e. The molecule has 1 aliphatic rings. The highest BCUT2D eigenvalue weighted by Gasteiger charge is 2.14. The van der Waals surface area contributed by atoms with Crippen molar-refractivity contribution in [3.63, 3.8) is 0 Å². The molecule has 1 aromatic carbocycles. The number of halogens is 1. The number of anilines is 1. The molecule has 0 spiro atoms. The van der Waals surface area contributed by atoms with Crippen LogP contribution in [0.1, 0.15) is 31.9 Å². The van der Waals surface area contributed by atoms with E-state index in [9.17, 15) is 4.39 Å². The molecule has 1 atom stereocenters. The summed E-state index contributed by atoms with van der Waals surface area (Å²) in [5, 5.41) is 6.89. The van der Waals surface area contributed by atoms with Crippen molar-refractivity contribution in [3.8, 4) is 11.4 Å². The molecule has 1 unspecified atom stereocenters. The van der Waals surface area contributed by atoms with Crippen LogP contribution >= 0.6 is 0 Å². The summed E-state index contributed by atoms with van der Waals surface area (Å²) >= 11 is 0. The third-order valence-corrected chi connectivity index (χ3v) is 4.02. The van der Waals surface area contributed by atoms with E-state index >= 15 is 0 Å². The maximum absolute atomic E-state index is 13.5. The van der Waals surface area contributed by atoms with Crippen molar-refractivity contribution in [1.82, 2.24) is 15.3 Å². The Morgan fingerprint density at radius 3 is 2.96 bits per heavy atom. The van der Waals surface area contributed by atoms with Gasteiger partial charge in [-0.1, -0.05) is 25.5 Å². The first-order chi connectivity index (χ1) is 11.2. The molecule has 2 aromatic rings. The van der Waals surface area contributed by atoms with E-state index < -0.39 is 0 Å². The zero-order valence-corrected chi connectivity index (χ0v) is 13.5. The van der Waals surface area contributed by atoms with Crippen LogP contribution in [0.3, 0.4) is 0 Å². The largest absolute Gasteiger partial charge is 0.366 e. The number of aromatic nitrogens is 2. The summed E-state index contributed by atoms with van der Waals surface area (Å²) < 4.78 is 13.5. The summed E-state index contributed by atoms with van der Waals surface area (Å²) in [5.41, 5.74) is 1.71. The van der Waals surface area contributed by atoms with Crippen LogP contribution in [-0.4, -0.2) is 29.1 Å². The Morgan fingerprint density at radius 1 is 1.30 bits per heavy atom. The molecule has 23 heavy (non-hydrogen) atoms. The lowest BCUT2D eigenvalue weighted by Crippen LogP contribution is -2.38. The molecule has 0 bridgehead atoms. The Labute approximate surface area is 136 Å². The normalized spacial score (nSPS) is 17.9. The fourth-order valence-electron chi connectivity index (χ4n) is 2.90. The number of hydrogen-bond donors (Lipinski definition) is 2. The molecule has 1 fully saturated rings. The third kappa shape index (κ3) is 4.26. The van der Waals surface area contributed by atoms with Gasteiger partial charge in [0.2, 0.25) is 0 Å². The Hall–Kier alpha value is -2.01. The van der Waals surface area contributed by atoms with E-state index in [1.54, 1.807) is 6.07 Å². The Balaban J connectivity index is 1.89. The maximum atomic E-state index is 13.5. The molecule has 122 valence electrons. The van der Waals surface area contributed by atoms with Gasteiger partial charge in [-0.25, -0.2) is 14.4 Å². The Kier molecular flexibility index (Phi) is 5.18. The zero-order valence-electron chi connectivity index (χ0n) is 13.5. The summed E-state index contributed by atoms with van der Waals surface area (Å²) in [4.78, 5) is 9.20. The molecule has 1 aromatic heterocycles. The summed E-state index contributed by atoms with van der Waals surface area (Å²) in [6.07, 6.45) is 4.21. The number of benzene rings is 1. The van der Waals surface area contributed by atoms with E-state index in [1.165, 1.54) is 18.6 Å². The van der Waals surface area contributed by atoms with Crippen LogP contribution in [0.25, 0.3) is 11.4 Å². The fraction of sp³-hybridized carbons (Fsp3) is 0.444. The number of hydrogen-bond acceptors (Lipinski definition) is 4. The molecule has 1 saturated heterocycles. The van der Waals surface area contributed by atoms with Gasteiger partial charge in [-0.15, -0.1) is 0 Å². The van der Waals surface area contributed by atoms with E-state index in [1.807, 2.05) is 12.1 Å². The van der Waals surface area contributed by atoms with E-state index in [0.29, 0.717) is 17.4 Å². The molecule has 0 amide bonds. The number of rotatable bonds is 5. The average molecular weight is 314 g/mol. The van der Waals surface area contributed by atoms with Crippen molar-refractivity contribution in [2.45, 2.75) is 38.6 Å². The van der Waals surface area contributed by atoms with Crippen molar-refractivity contribution in [2.24, 2.45) is 0 Å². The lowest BCUT2D eigenvalue weighted by atomic mass is 10.1. The highest BCUT2D eigenvalue weighted by Crippen LogP contribution is 2.20. The van der Waals surface area contributed by atoms with Crippen LogP contribution in [0.15, 0.2) is 30.3 Å². The minimum absolute atomic E-state index is 0.266. The molecule has 1 aliphatic heterocycles. The number of nitrogens with zero attached hydrogens (tertiary/aromatic N) is 2. The predicted octanol–water partition coefficient (Wildman–Crippen LogP) is 3.40. The van der Waals surface area contributed by atoms with Crippen molar-refractivity contribution in [2.75, 3.05) is 18.4 Å². The number of nitrogens with one attached hydrogen (secondary N) is 2. The van der Waals surface area contributed by atoms with Gasteiger partial charge in [0.25, 0.3) is 0 Å². The molecule has 0 aliphatic carbocycles. The lowest BCUT2D eigenvalue weighted by molar-refractivity contribution is 0.479. The van der Waals surface area contributed by atoms with E-state index in [4.69, 9.17) is 0 Å². The monoisotopic (exact) mass is 314 g/mol. The smallest absolute Gasteiger partial charge is 0.161 e. The van der Waals surface area contributed by atoms with Crippen LogP contribution in [0.4, 0.5) is 10.2 Å². The van der Waals surface area contributed by atoms with Gasteiger partial charge in [0.1, 0.15) is 11.6 Å². The Bertz CT molecular complexity index is 653. The van der Waals surface area contributed by atoms with Gasteiger partial charge in [-0.2, -0.15) is 0 Å². The van der Waals surface area contributed by atoms with Gasteiger partial charge in [0.15, 0.2) is 5.82 Å². The second kappa shape index (κ2) is 7.51. The minimum atomic E-state index is -0.266. The van der Waals surface area contributed by atoms with Crippen LogP contribution in [0.2, 0.25) is 0 Å². The fourth-order valence-corrected chi connectivity index (χ4v) is 2.90. The molecular weight excluding hydrogens is 291 g/mol. The van der Waals surface area contributed by atoms with Crippen LogP contribution in [0.5, 0.6) is 0 Å². The molecule has 4 nitrogen and oxygen atoms in total. The summed E-state index contributed by atoms with van der Waals surface area (Å²) in [5.74, 6) is 1.15. The van der Waals surface area contributed by atoms with Crippen molar-refractivity contribution in [3.05, 3.63) is 41.8 Å². The summed E-state index contributed by atoms with van der Waals surface area (Å²) in [7, 11) is 0. The molecule has 2 N–H and O–H groups in total. The topological polar surface area (TPSA) is 49.8 Å². The number of aryl methyl sites for hydroxylation is 1. The number of piperidine rings is 1. The van der Waals surface area contributed by atoms with Crippen LogP contribution in [-0.2, 0) is 6.42 Å².